The Bertz CT molecular complexity index is 622. The van der Waals surface area contributed by atoms with Gasteiger partial charge >= 0.3 is 0 Å². The Hall–Kier alpha value is -2.01. The summed E-state index contributed by atoms with van der Waals surface area (Å²) in [5, 5.41) is 7.26. The summed E-state index contributed by atoms with van der Waals surface area (Å²) in [6.45, 7) is 2.53. The van der Waals surface area contributed by atoms with E-state index in [1.165, 1.54) is 4.68 Å². The summed E-state index contributed by atoms with van der Waals surface area (Å²) in [4.78, 5) is 11.9. The summed E-state index contributed by atoms with van der Waals surface area (Å²) < 4.78 is 1.36. The Labute approximate surface area is 116 Å². The number of nitrogens with one attached hydrogen (secondary N) is 1. The van der Waals surface area contributed by atoms with Crippen molar-refractivity contribution in [3.05, 3.63) is 45.8 Å². The number of rotatable bonds is 4. The summed E-state index contributed by atoms with van der Waals surface area (Å²) >= 11 is 6.05. The highest BCUT2D eigenvalue weighted by molar-refractivity contribution is 6.33. The minimum absolute atomic E-state index is 0.139. The number of nitrogens with two attached hydrogens (primary N) is 1. The van der Waals surface area contributed by atoms with Gasteiger partial charge in [0.1, 0.15) is 5.02 Å². The third kappa shape index (κ3) is 3.06. The standard InChI is InChI=1S/C13H15ClN4O/c1-2-7-18-13(19)12(14)11(8-16-18)17-10-5-3-9(15)4-6-10/h3-6,8,17H,2,7,15H2,1H3. The second-order valence-electron chi connectivity index (χ2n) is 4.15. The van der Waals surface area contributed by atoms with E-state index in [0.717, 1.165) is 12.1 Å². The van der Waals surface area contributed by atoms with Gasteiger partial charge in [0.25, 0.3) is 5.56 Å². The van der Waals surface area contributed by atoms with Crippen molar-refractivity contribution < 1.29 is 0 Å². The van der Waals surface area contributed by atoms with E-state index in [1.54, 1.807) is 18.3 Å². The monoisotopic (exact) mass is 278 g/mol. The van der Waals surface area contributed by atoms with Crippen LogP contribution >= 0.6 is 11.6 Å². The molecule has 0 aliphatic rings. The zero-order valence-electron chi connectivity index (χ0n) is 10.6. The quantitative estimate of drug-likeness (QED) is 0.843. The van der Waals surface area contributed by atoms with Gasteiger partial charge in [-0.05, 0) is 30.7 Å². The molecular formula is C13H15ClN4O. The fourth-order valence-electron chi connectivity index (χ4n) is 1.65. The molecule has 0 atom stereocenters. The van der Waals surface area contributed by atoms with Crippen LogP contribution in [0.1, 0.15) is 13.3 Å². The number of aromatic nitrogens is 2. The molecule has 0 saturated heterocycles. The molecule has 0 fully saturated rings. The Balaban J connectivity index is 2.29. The van der Waals surface area contributed by atoms with Gasteiger partial charge in [-0.1, -0.05) is 18.5 Å². The van der Waals surface area contributed by atoms with Gasteiger partial charge in [-0.15, -0.1) is 0 Å². The maximum absolute atomic E-state index is 11.9. The highest BCUT2D eigenvalue weighted by Gasteiger charge is 2.08. The largest absolute Gasteiger partial charge is 0.399 e. The number of anilines is 3. The van der Waals surface area contributed by atoms with Crippen molar-refractivity contribution in [3.8, 4) is 0 Å². The normalized spacial score (nSPS) is 10.4. The number of hydrogen-bond acceptors (Lipinski definition) is 4. The van der Waals surface area contributed by atoms with Gasteiger partial charge in [-0.2, -0.15) is 5.10 Å². The van der Waals surface area contributed by atoms with E-state index in [4.69, 9.17) is 17.3 Å². The van der Waals surface area contributed by atoms with Gasteiger partial charge in [0.2, 0.25) is 0 Å². The van der Waals surface area contributed by atoms with Crippen molar-refractivity contribution in [1.82, 2.24) is 9.78 Å². The van der Waals surface area contributed by atoms with E-state index in [2.05, 4.69) is 10.4 Å². The number of hydrogen-bond donors (Lipinski definition) is 2. The zero-order valence-corrected chi connectivity index (χ0v) is 11.3. The first kappa shape index (κ1) is 13.4. The first-order valence-corrected chi connectivity index (χ1v) is 6.37. The molecule has 0 saturated carbocycles. The van der Waals surface area contributed by atoms with Gasteiger partial charge in [0, 0.05) is 17.9 Å². The maximum atomic E-state index is 11.9. The highest BCUT2D eigenvalue weighted by atomic mass is 35.5. The lowest BCUT2D eigenvalue weighted by atomic mass is 10.3. The molecule has 1 aromatic heterocycles. The minimum atomic E-state index is -0.288. The van der Waals surface area contributed by atoms with Crippen LogP contribution in [0.3, 0.4) is 0 Å². The maximum Gasteiger partial charge on any atom is 0.287 e. The van der Waals surface area contributed by atoms with Crippen molar-refractivity contribution in [2.24, 2.45) is 0 Å². The fraction of sp³-hybridized carbons (Fsp3) is 0.231. The van der Waals surface area contributed by atoms with Crippen LogP contribution in [0.15, 0.2) is 35.3 Å². The summed E-state index contributed by atoms with van der Waals surface area (Å²) in [6.07, 6.45) is 2.38. The van der Waals surface area contributed by atoms with Crippen LogP contribution in [0.25, 0.3) is 0 Å². The Morgan fingerprint density at radius 1 is 1.37 bits per heavy atom. The number of nitrogens with zero attached hydrogens (tertiary/aromatic N) is 2. The smallest absolute Gasteiger partial charge is 0.287 e. The molecule has 2 aromatic rings. The summed E-state index contributed by atoms with van der Waals surface area (Å²) in [7, 11) is 0. The molecule has 100 valence electrons. The average Bonchev–Trinajstić information content (AvgIpc) is 2.41. The molecule has 0 radical (unpaired) electrons. The summed E-state index contributed by atoms with van der Waals surface area (Å²) in [6, 6.07) is 7.15. The van der Waals surface area contributed by atoms with E-state index in [-0.39, 0.29) is 10.6 Å². The Morgan fingerprint density at radius 2 is 2.05 bits per heavy atom. The number of aryl methyl sites for hydroxylation is 1. The van der Waals surface area contributed by atoms with Crippen LogP contribution in [0, 0.1) is 0 Å². The van der Waals surface area contributed by atoms with Crippen molar-refractivity contribution in [3.63, 3.8) is 0 Å². The molecule has 0 amide bonds. The number of halogens is 1. The molecule has 0 aliphatic heterocycles. The lowest BCUT2D eigenvalue weighted by Crippen LogP contribution is -2.23. The number of benzene rings is 1. The fourth-order valence-corrected chi connectivity index (χ4v) is 1.84. The molecule has 0 spiro atoms. The van der Waals surface area contributed by atoms with Gasteiger partial charge in [0.05, 0.1) is 11.9 Å². The average molecular weight is 279 g/mol. The molecule has 3 N–H and O–H groups in total. The van der Waals surface area contributed by atoms with E-state index in [9.17, 15) is 4.79 Å². The van der Waals surface area contributed by atoms with Crippen LogP contribution < -0.4 is 16.6 Å². The molecule has 1 heterocycles. The lowest BCUT2D eigenvalue weighted by Gasteiger charge is -2.10. The second kappa shape index (κ2) is 5.75. The third-order valence-corrected chi connectivity index (χ3v) is 2.98. The van der Waals surface area contributed by atoms with Crippen LogP contribution in [-0.2, 0) is 6.54 Å². The van der Waals surface area contributed by atoms with E-state index < -0.39 is 0 Å². The Kier molecular flexibility index (Phi) is 4.06. The molecule has 1 aromatic carbocycles. The first-order valence-electron chi connectivity index (χ1n) is 6.00. The molecule has 2 rings (SSSR count). The van der Waals surface area contributed by atoms with Crippen molar-refractivity contribution in [1.29, 1.82) is 0 Å². The van der Waals surface area contributed by atoms with E-state index >= 15 is 0 Å². The van der Waals surface area contributed by atoms with Crippen molar-refractivity contribution in [2.45, 2.75) is 19.9 Å². The minimum Gasteiger partial charge on any atom is -0.399 e. The lowest BCUT2D eigenvalue weighted by molar-refractivity contribution is 0.569. The van der Waals surface area contributed by atoms with Gasteiger partial charge in [-0.3, -0.25) is 4.79 Å². The molecule has 0 unspecified atom stereocenters. The zero-order chi connectivity index (χ0) is 13.8. The summed E-state index contributed by atoms with van der Waals surface area (Å²) in [5.74, 6) is 0. The van der Waals surface area contributed by atoms with Gasteiger partial charge in [0.15, 0.2) is 0 Å². The molecule has 6 heteroatoms. The summed E-state index contributed by atoms with van der Waals surface area (Å²) in [5.41, 5.74) is 7.28. The second-order valence-corrected chi connectivity index (χ2v) is 4.53. The predicted molar refractivity (Wildman–Crippen MR) is 77.9 cm³/mol. The van der Waals surface area contributed by atoms with Gasteiger partial charge < -0.3 is 11.1 Å². The Morgan fingerprint density at radius 3 is 2.68 bits per heavy atom. The molecular weight excluding hydrogens is 264 g/mol. The van der Waals surface area contributed by atoms with Crippen LogP contribution in [0.2, 0.25) is 5.02 Å². The first-order chi connectivity index (χ1) is 9.11. The van der Waals surface area contributed by atoms with Gasteiger partial charge in [-0.25, -0.2) is 4.68 Å². The van der Waals surface area contributed by atoms with Crippen LogP contribution in [-0.4, -0.2) is 9.78 Å². The third-order valence-electron chi connectivity index (χ3n) is 2.61. The van der Waals surface area contributed by atoms with Crippen molar-refractivity contribution in [2.75, 3.05) is 11.1 Å². The van der Waals surface area contributed by atoms with E-state index in [0.29, 0.717) is 17.9 Å². The van der Waals surface area contributed by atoms with Crippen LogP contribution in [0.4, 0.5) is 17.1 Å². The molecule has 5 nitrogen and oxygen atoms in total. The predicted octanol–water partition coefficient (Wildman–Crippen LogP) is 2.63. The molecule has 0 bridgehead atoms. The van der Waals surface area contributed by atoms with Crippen LogP contribution in [0.5, 0.6) is 0 Å². The highest BCUT2D eigenvalue weighted by Crippen LogP contribution is 2.21. The molecule has 19 heavy (non-hydrogen) atoms. The SMILES string of the molecule is CCCn1ncc(Nc2ccc(N)cc2)c(Cl)c1=O. The topological polar surface area (TPSA) is 72.9 Å². The number of nitrogen functional groups attached to an aromatic ring is 1. The van der Waals surface area contributed by atoms with Crippen molar-refractivity contribution >= 4 is 28.7 Å². The molecule has 0 aliphatic carbocycles. The van der Waals surface area contributed by atoms with E-state index in [1.807, 2.05) is 19.1 Å².